The van der Waals surface area contributed by atoms with Gasteiger partial charge < -0.3 is 20.3 Å². The maximum absolute atomic E-state index is 14.8. The summed E-state index contributed by atoms with van der Waals surface area (Å²) in [7, 11) is 0. The topological polar surface area (TPSA) is 102 Å². The molecular formula is C20H23FN6O2. The van der Waals surface area contributed by atoms with Crippen LogP contribution in [0.15, 0.2) is 29.7 Å². The van der Waals surface area contributed by atoms with Crippen molar-refractivity contribution in [2.45, 2.75) is 19.8 Å². The first-order chi connectivity index (χ1) is 14.1. The lowest BCUT2D eigenvalue weighted by atomic mass is 10.2. The number of hydrogen-bond donors (Lipinski definition) is 2. The number of aromatic nitrogens is 3. The molecule has 3 heterocycles. The van der Waals surface area contributed by atoms with E-state index in [-0.39, 0.29) is 17.4 Å². The van der Waals surface area contributed by atoms with Crippen molar-refractivity contribution in [2.75, 3.05) is 32.0 Å². The number of likely N-dealkylation sites (tertiary alicyclic amines) is 1. The number of nitrogens with zero attached hydrogens (tertiary/aromatic N) is 4. The SMILES string of the molecule is Cc1cc2c(F)c(Oc3ncnc(N)c3/C=N/OCCN3CCCC3)ccc2[nH]1. The second-order valence-corrected chi connectivity index (χ2v) is 6.99. The Bertz CT molecular complexity index is 1030. The Hall–Kier alpha value is -3.20. The Morgan fingerprint density at radius 1 is 1.31 bits per heavy atom. The van der Waals surface area contributed by atoms with Gasteiger partial charge in [-0.05, 0) is 51.1 Å². The molecule has 0 amide bonds. The summed E-state index contributed by atoms with van der Waals surface area (Å²) in [5, 5.41) is 4.40. The molecule has 2 aromatic heterocycles. The molecule has 0 atom stereocenters. The van der Waals surface area contributed by atoms with Gasteiger partial charge >= 0.3 is 0 Å². The number of benzene rings is 1. The molecule has 1 fully saturated rings. The number of nitrogen functional groups attached to an aromatic ring is 1. The van der Waals surface area contributed by atoms with Crippen LogP contribution in [0.4, 0.5) is 10.2 Å². The average Bonchev–Trinajstić information content (AvgIpc) is 3.35. The molecule has 1 saturated heterocycles. The molecule has 0 aliphatic carbocycles. The van der Waals surface area contributed by atoms with Gasteiger partial charge in [-0.15, -0.1) is 0 Å². The van der Waals surface area contributed by atoms with Crippen molar-refractivity contribution < 1.29 is 14.0 Å². The number of aryl methyl sites for hydroxylation is 1. The van der Waals surface area contributed by atoms with Gasteiger partial charge in [-0.25, -0.2) is 14.4 Å². The van der Waals surface area contributed by atoms with E-state index < -0.39 is 5.82 Å². The molecular weight excluding hydrogens is 375 g/mol. The van der Waals surface area contributed by atoms with E-state index in [4.69, 9.17) is 15.3 Å². The van der Waals surface area contributed by atoms with E-state index in [9.17, 15) is 4.39 Å². The largest absolute Gasteiger partial charge is 0.435 e. The summed E-state index contributed by atoms with van der Waals surface area (Å²) in [6, 6.07) is 5.02. The number of H-pyrrole nitrogens is 1. The van der Waals surface area contributed by atoms with Crippen molar-refractivity contribution in [2.24, 2.45) is 5.16 Å². The normalized spacial score (nSPS) is 14.8. The van der Waals surface area contributed by atoms with Gasteiger partial charge in [-0.1, -0.05) is 5.16 Å². The second kappa shape index (κ2) is 8.44. The van der Waals surface area contributed by atoms with Gasteiger partial charge in [-0.3, -0.25) is 4.90 Å². The monoisotopic (exact) mass is 398 g/mol. The van der Waals surface area contributed by atoms with Gasteiger partial charge in [-0.2, -0.15) is 0 Å². The summed E-state index contributed by atoms with van der Waals surface area (Å²) >= 11 is 0. The number of anilines is 1. The summed E-state index contributed by atoms with van der Waals surface area (Å²) in [5.74, 6) is -0.163. The molecule has 3 aromatic rings. The van der Waals surface area contributed by atoms with Crippen molar-refractivity contribution in [1.29, 1.82) is 0 Å². The van der Waals surface area contributed by atoms with Crippen LogP contribution < -0.4 is 10.5 Å². The van der Waals surface area contributed by atoms with Crippen LogP contribution in [-0.4, -0.2) is 52.3 Å². The Morgan fingerprint density at radius 2 is 2.14 bits per heavy atom. The zero-order chi connectivity index (χ0) is 20.2. The highest BCUT2D eigenvalue weighted by molar-refractivity contribution is 5.88. The highest BCUT2D eigenvalue weighted by Gasteiger charge is 2.16. The zero-order valence-corrected chi connectivity index (χ0v) is 16.2. The number of rotatable bonds is 7. The number of fused-ring (bicyclic) bond motifs is 1. The number of halogens is 1. The molecule has 0 radical (unpaired) electrons. The van der Waals surface area contributed by atoms with Gasteiger partial charge in [0.15, 0.2) is 11.6 Å². The fourth-order valence-corrected chi connectivity index (χ4v) is 3.38. The Labute approximate surface area is 167 Å². The minimum Gasteiger partial charge on any atom is -0.435 e. The Morgan fingerprint density at radius 3 is 2.97 bits per heavy atom. The van der Waals surface area contributed by atoms with E-state index in [2.05, 4.69) is 25.0 Å². The summed E-state index contributed by atoms with van der Waals surface area (Å²) in [5.41, 5.74) is 7.83. The van der Waals surface area contributed by atoms with Crippen molar-refractivity contribution in [1.82, 2.24) is 19.9 Å². The summed E-state index contributed by atoms with van der Waals surface area (Å²) in [4.78, 5) is 18.8. The molecule has 3 N–H and O–H groups in total. The fourth-order valence-electron chi connectivity index (χ4n) is 3.38. The first kappa shape index (κ1) is 19.1. The lowest BCUT2D eigenvalue weighted by Crippen LogP contribution is -2.23. The van der Waals surface area contributed by atoms with E-state index in [1.165, 1.54) is 25.4 Å². The number of oxime groups is 1. The number of ether oxygens (including phenoxy) is 1. The van der Waals surface area contributed by atoms with Gasteiger partial charge in [0.2, 0.25) is 5.88 Å². The molecule has 0 spiro atoms. The lowest BCUT2D eigenvalue weighted by Gasteiger charge is -2.12. The van der Waals surface area contributed by atoms with Crippen molar-refractivity contribution >= 4 is 22.9 Å². The third kappa shape index (κ3) is 4.29. The van der Waals surface area contributed by atoms with Crippen LogP contribution in [0.2, 0.25) is 0 Å². The first-order valence-corrected chi connectivity index (χ1v) is 9.55. The number of nitrogens with two attached hydrogens (primary N) is 1. The molecule has 0 bridgehead atoms. The maximum atomic E-state index is 14.8. The third-order valence-electron chi connectivity index (χ3n) is 4.88. The molecule has 1 aromatic carbocycles. The van der Waals surface area contributed by atoms with Gasteiger partial charge in [0.25, 0.3) is 0 Å². The second-order valence-electron chi connectivity index (χ2n) is 6.99. The summed E-state index contributed by atoms with van der Waals surface area (Å²) in [6.07, 6.45) is 5.11. The first-order valence-electron chi connectivity index (χ1n) is 9.55. The van der Waals surface area contributed by atoms with Crippen LogP contribution in [0, 0.1) is 12.7 Å². The zero-order valence-electron chi connectivity index (χ0n) is 16.2. The van der Waals surface area contributed by atoms with E-state index >= 15 is 0 Å². The maximum Gasteiger partial charge on any atom is 0.233 e. The summed E-state index contributed by atoms with van der Waals surface area (Å²) in [6.45, 7) is 5.35. The van der Waals surface area contributed by atoms with Crippen molar-refractivity contribution in [3.63, 3.8) is 0 Å². The molecule has 9 heteroatoms. The number of aromatic amines is 1. The van der Waals surface area contributed by atoms with Crippen LogP contribution in [0.1, 0.15) is 24.1 Å². The molecule has 1 aliphatic rings. The van der Waals surface area contributed by atoms with E-state index in [1.54, 1.807) is 18.2 Å². The van der Waals surface area contributed by atoms with Crippen LogP contribution in [0.5, 0.6) is 11.6 Å². The van der Waals surface area contributed by atoms with Gasteiger partial charge in [0.05, 0.1) is 6.21 Å². The Balaban J connectivity index is 1.48. The number of hydrogen-bond acceptors (Lipinski definition) is 7. The highest BCUT2D eigenvalue weighted by Crippen LogP contribution is 2.31. The van der Waals surface area contributed by atoms with Crippen LogP contribution in [0.25, 0.3) is 10.9 Å². The molecule has 8 nitrogen and oxygen atoms in total. The van der Waals surface area contributed by atoms with E-state index in [0.29, 0.717) is 23.1 Å². The average molecular weight is 398 g/mol. The molecule has 4 rings (SSSR count). The van der Waals surface area contributed by atoms with E-state index in [1.807, 2.05) is 6.92 Å². The molecule has 152 valence electrons. The third-order valence-corrected chi connectivity index (χ3v) is 4.88. The number of nitrogens with one attached hydrogen (secondary N) is 1. The van der Waals surface area contributed by atoms with Gasteiger partial charge in [0, 0.05) is 23.1 Å². The predicted octanol–water partition coefficient (Wildman–Crippen LogP) is 3.23. The predicted molar refractivity (Wildman–Crippen MR) is 109 cm³/mol. The molecule has 0 unspecified atom stereocenters. The quantitative estimate of drug-likeness (QED) is 0.360. The molecule has 1 aliphatic heterocycles. The lowest BCUT2D eigenvalue weighted by molar-refractivity contribution is 0.120. The fraction of sp³-hybridized carbons (Fsp3) is 0.350. The van der Waals surface area contributed by atoms with Crippen molar-refractivity contribution in [3.8, 4) is 11.6 Å². The molecule has 29 heavy (non-hydrogen) atoms. The Kier molecular flexibility index (Phi) is 5.57. The smallest absolute Gasteiger partial charge is 0.233 e. The minimum absolute atomic E-state index is 0.0409. The van der Waals surface area contributed by atoms with Gasteiger partial charge in [0.1, 0.15) is 24.3 Å². The van der Waals surface area contributed by atoms with Crippen molar-refractivity contribution in [3.05, 3.63) is 41.6 Å². The van der Waals surface area contributed by atoms with E-state index in [0.717, 1.165) is 25.3 Å². The van der Waals surface area contributed by atoms with Crippen LogP contribution in [-0.2, 0) is 4.84 Å². The van der Waals surface area contributed by atoms with Crippen LogP contribution in [0.3, 0.4) is 0 Å². The highest BCUT2D eigenvalue weighted by atomic mass is 19.1. The summed E-state index contributed by atoms with van der Waals surface area (Å²) < 4.78 is 20.5. The minimum atomic E-state index is -0.478. The standard InChI is InChI=1S/C20H23FN6O2/c1-13-10-14-16(26-13)4-5-17(18(14)21)29-20-15(19(22)23-12-24-20)11-25-28-9-8-27-6-2-3-7-27/h4-5,10-12,26H,2-3,6-9H2,1H3,(H2,22,23,24)/b25-11+. The van der Waals surface area contributed by atoms with Crippen LogP contribution >= 0.6 is 0 Å². The molecule has 0 saturated carbocycles.